The standard InChI is InChI=1S/C19H23N3O3S/c1-24-16-17(21-10-9-20-16)25-14-6-11-22(13-14)18(23)19(7-2-3-8-19)15-5-4-12-26-15/h4-5,9-10,12,14H,2-3,6-8,11,13H2,1H3. The first-order valence-corrected chi connectivity index (χ1v) is 9.96. The minimum absolute atomic E-state index is 0.0775. The zero-order valence-electron chi connectivity index (χ0n) is 14.9. The van der Waals surface area contributed by atoms with Gasteiger partial charge in [0, 0.05) is 30.2 Å². The van der Waals surface area contributed by atoms with Gasteiger partial charge in [-0.3, -0.25) is 4.79 Å². The molecule has 2 aromatic heterocycles. The van der Waals surface area contributed by atoms with Crippen LogP contribution in [0.4, 0.5) is 0 Å². The minimum Gasteiger partial charge on any atom is -0.477 e. The summed E-state index contributed by atoms with van der Waals surface area (Å²) < 4.78 is 11.2. The number of aromatic nitrogens is 2. The maximum Gasteiger partial charge on any atom is 0.278 e. The van der Waals surface area contributed by atoms with Crippen LogP contribution in [0, 0.1) is 0 Å². The van der Waals surface area contributed by atoms with Gasteiger partial charge in [0.05, 0.1) is 19.1 Å². The number of rotatable bonds is 5. The molecular weight excluding hydrogens is 350 g/mol. The molecule has 1 saturated carbocycles. The molecule has 6 nitrogen and oxygen atoms in total. The summed E-state index contributed by atoms with van der Waals surface area (Å²) >= 11 is 1.70. The molecule has 0 radical (unpaired) electrons. The van der Waals surface area contributed by atoms with Gasteiger partial charge in [0.25, 0.3) is 11.8 Å². The van der Waals surface area contributed by atoms with Crippen LogP contribution in [-0.2, 0) is 10.2 Å². The molecule has 4 rings (SSSR count). The monoisotopic (exact) mass is 373 g/mol. The fraction of sp³-hybridized carbons (Fsp3) is 0.526. The molecule has 1 unspecified atom stereocenters. The van der Waals surface area contributed by atoms with Gasteiger partial charge in [0.2, 0.25) is 5.91 Å². The van der Waals surface area contributed by atoms with Crippen LogP contribution in [0.1, 0.15) is 37.0 Å². The number of carbonyl (C=O) groups excluding carboxylic acids is 1. The van der Waals surface area contributed by atoms with Crippen molar-refractivity contribution in [3.05, 3.63) is 34.8 Å². The number of hydrogen-bond donors (Lipinski definition) is 0. The van der Waals surface area contributed by atoms with Crippen molar-refractivity contribution in [2.45, 2.75) is 43.6 Å². The third kappa shape index (κ3) is 3.05. The largest absolute Gasteiger partial charge is 0.477 e. The first-order chi connectivity index (χ1) is 12.7. The third-order valence-corrected chi connectivity index (χ3v) is 6.47. The summed E-state index contributed by atoms with van der Waals surface area (Å²) in [4.78, 5) is 24.9. The van der Waals surface area contributed by atoms with E-state index in [4.69, 9.17) is 9.47 Å². The minimum atomic E-state index is -0.326. The van der Waals surface area contributed by atoms with Crippen molar-refractivity contribution in [1.29, 1.82) is 0 Å². The Labute approximate surface area is 157 Å². The van der Waals surface area contributed by atoms with E-state index in [0.717, 1.165) is 38.6 Å². The highest BCUT2D eigenvalue weighted by Gasteiger charge is 2.47. The number of thiophene rings is 1. The Bertz CT molecular complexity index is 759. The topological polar surface area (TPSA) is 64.6 Å². The van der Waals surface area contributed by atoms with Crippen LogP contribution in [0.2, 0.25) is 0 Å². The zero-order valence-corrected chi connectivity index (χ0v) is 15.7. The first kappa shape index (κ1) is 17.3. The number of carbonyl (C=O) groups is 1. The molecule has 0 bridgehead atoms. The predicted octanol–water partition coefficient (Wildman–Crippen LogP) is 3.04. The lowest BCUT2D eigenvalue weighted by atomic mass is 9.83. The first-order valence-electron chi connectivity index (χ1n) is 9.08. The van der Waals surface area contributed by atoms with Crippen LogP contribution < -0.4 is 9.47 Å². The fourth-order valence-electron chi connectivity index (χ4n) is 4.10. The highest BCUT2D eigenvalue weighted by atomic mass is 32.1. The van der Waals surface area contributed by atoms with Gasteiger partial charge in [-0.25, -0.2) is 9.97 Å². The summed E-state index contributed by atoms with van der Waals surface area (Å²) in [6.45, 7) is 1.31. The second kappa shape index (κ2) is 7.23. The quantitative estimate of drug-likeness (QED) is 0.806. The molecule has 26 heavy (non-hydrogen) atoms. The molecule has 2 fully saturated rings. The Morgan fingerprint density at radius 2 is 2.04 bits per heavy atom. The molecule has 2 aliphatic rings. The lowest BCUT2D eigenvalue weighted by molar-refractivity contribution is -0.136. The second-order valence-electron chi connectivity index (χ2n) is 6.92. The smallest absolute Gasteiger partial charge is 0.278 e. The molecule has 1 amide bonds. The fourth-order valence-corrected chi connectivity index (χ4v) is 5.08. The number of nitrogens with zero attached hydrogens (tertiary/aromatic N) is 3. The third-order valence-electron chi connectivity index (χ3n) is 5.40. The lowest BCUT2D eigenvalue weighted by Gasteiger charge is -2.31. The van der Waals surface area contributed by atoms with E-state index < -0.39 is 0 Å². The Balaban J connectivity index is 1.47. The Morgan fingerprint density at radius 1 is 1.27 bits per heavy atom. The summed E-state index contributed by atoms with van der Waals surface area (Å²) in [5, 5.41) is 2.07. The average Bonchev–Trinajstić information content (AvgIpc) is 3.42. The summed E-state index contributed by atoms with van der Waals surface area (Å²) in [6.07, 6.45) is 8.01. The number of amides is 1. The number of ether oxygens (including phenoxy) is 2. The molecule has 1 aliphatic carbocycles. The Morgan fingerprint density at radius 3 is 2.73 bits per heavy atom. The predicted molar refractivity (Wildman–Crippen MR) is 98.7 cm³/mol. The van der Waals surface area contributed by atoms with Crippen molar-refractivity contribution in [3.8, 4) is 11.8 Å². The van der Waals surface area contributed by atoms with Crippen LogP contribution in [0.15, 0.2) is 29.9 Å². The van der Waals surface area contributed by atoms with Crippen LogP contribution in [0.3, 0.4) is 0 Å². The van der Waals surface area contributed by atoms with E-state index in [1.54, 1.807) is 30.8 Å². The Hall–Kier alpha value is -2.15. The van der Waals surface area contributed by atoms with Crippen LogP contribution in [0.25, 0.3) is 0 Å². The van der Waals surface area contributed by atoms with E-state index in [9.17, 15) is 4.79 Å². The summed E-state index contributed by atoms with van der Waals surface area (Å²) in [5.41, 5.74) is -0.326. The van der Waals surface area contributed by atoms with E-state index in [-0.39, 0.29) is 17.4 Å². The molecule has 0 N–H and O–H groups in total. The number of hydrogen-bond acceptors (Lipinski definition) is 6. The van der Waals surface area contributed by atoms with Gasteiger partial charge in [-0.1, -0.05) is 18.9 Å². The van der Waals surface area contributed by atoms with Crippen molar-refractivity contribution in [3.63, 3.8) is 0 Å². The molecule has 138 valence electrons. The van der Waals surface area contributed by atoms with E-state index >= 15 is 0 Å². The maximum absolute atomic E-state index is 13.4. The van der Waals surface area contributed by atoms with Gasteiger partial charge in [-0.15, -0.1) is 11.3 Å². The summed E-state index contributed by atoms with van der Waals surface area (Å²) in [6, 6.07) is 4.16. The van der Waals surface area contributed by atoms with E-state index in [1.807, 2.05) is 11.0 Å². The van der Waals surface area contributed by atoms with Crippen molar-refractivity contribution in [1.82, 2.24) is 14.9 Å². The van der Waals surface area contributed by atoms with Crippen LogP contribution in [-0.4, -0.2) is 47.1 Å². The lowest BCUT2D eigenvalue weighted by Crippen LogP contribution is -2.44. The van der Waals surface area contributed by atoms with Gasteiger partial charge in [0.15, 0.2) is 0 Å². The molecule has 0 spiro atoms. The maximum atomic E-state index is 13.4. The molecule has 7 heteroatoms. The Kier molecular flexibility index (Phi) is 4.80. The van der Waals surface area contributed by atoms with Crippen LogP contribution in [0.5, 0.6) is 11.8 Å². The van der Waals surface area contributed by atoms with E-state index in [2.05, 4.69) is 21.4 Å². The molecular formula is C19H23N3O3S. The summed E-state index contributed by atoms with van der Waals surface area (Å²) in [7, 11) is 1.55. The van der Waals surface area contributed by atoms with Crippen LogP contribution >= 0.6 is 11.3 Å². The highest BCUT2D eigenvalue weighted by Crippen LogP contribution is 2.45. The van der Waals surface area contributed by atoms with Gasteiger partial charge in [0.1, 0.15) is 6.10 Å². The molecule has 1 aliphatic heterocycles. The van der Waals surface area contributed by atoms with Crippen molar-refractivity contribution >= 4 is 17.2 Å². The van der Waals surface area contributed by atoms with E-state index in [1.165, 1.54) is 4.88 Å². The molecule has 3 heterocycles. The molecule has 2 aromatic rings. The summed E-state index contributed by atoms with van der Waals surface area (Å²) in [5.74, 6) is 1.03. The zero-order chi connectivity index (χ0) is 18.0. The van der Waals surface area contributed by atoms with Gasteiger partial charge in [-0.2, -0.15) is 0 Å². The SMILES string of the molecule is COc1nccnc1OC1CCN(C(=O)C2(c3cccs3)CCCC2)C1. The van der Waals surface area contributed by atoms with Gasteiger partial charge < -0.3 is 14.4 Å². The second-order valence-corrected chi connectivity index (χ2v) is 7.86. The normalized spacial score (nSPS) is 21.7. The van der Waals surface area contributed by atoms with Crippen molar-refractivity contribution in [2.75, 3.05) is 20.2 Å². The van der Waals surface area contributed by atoms with Crippen molar-refractivity contribution < 1.29 is 14.3 Å². The molecule has 1 saturated heterocycles. The van der Waals surface area contributed by atoms with Crippen molar-refractivity contribution in [2.24, 2.45) is 0 Å². The van der Waals surface area contributed by atoms with E-state index in [0.29, 0.717) is 18.3 Å². The molecule has 1 atom stereocenters. The molecule has 0 aromatic carbocycles. The highest BCUT2D eigenvalue weighted by molar-refractivity contribution is 7.10. The average molecular weight is 373 g/mol. The van der Waals surface area contributed by atoms with Gasteiger partial charge >= 0.3 is 0 Å². The number of methoxy groups -OCH3 is 1. The number of likely N-dealkylation sites (tertiary alicyclic amines) is 1. The van der Waals surface area contributed by atoms with Gasteiger partial charge in [-0.05, 0) is 24.3 Å².